The minimum Gasteiger partial charge on any atom is -0.298 e. The molecule has 1 aromatic rings. The Kier molecular flexibility index (Phi) is 2.97. The van der Waals surface area contributed by atoms with Crippen LogP contribution in [-0.4, -0.2) is 6.29 Å². The highest BCUT2D eigenvalue weighted by molar-refractivity contribution is 9.10. The van der Waals surface area contributed by atoms with Crippen LogP contribution in [0.15, 0.2) is 16.6 Å². The van der Waals surface area contributed by atoms with Crippen molar-refractivity contribution >= 4 is 22.2 Å². The van der Waals surface area contributed by atoms with Crippen LogP contribution in [0.4, 0.5) is 0 Å². The topological polar surface area (TPSA) is 17.1 Å². The summed E-state index contributed by atoms with van der Waals surface area (Å²) < 4.78 is 0.989. The molecular weight excluding hydrogens is 276 g/mol. The number of carbonyl (C=O) groups excluding carboxylic acids is 1. The van der Waals surface area contributed by atoms with E-state index in [-0.39, 0.29) is 10.8 Å². The van der Waals surface area contributed by atoms with E-state index in [2.05, 4.69) is 49.7 Å². The molecule has 0 fully saturated rings. The van der Waals surface area contributed by atoms with Gasteiger partial charge in [-0.2, -0.15) is 0 Å². The van der Waals surface area contributed by atoms with Crippen molar-refractivity contribution in [3.8, 4) is 0 Å². The maximum Gasteiger partial charge on any atom is 0.151 e. The summed E-state index contributed by atoms with van der Waals surface area (Å²) in [5.41, 5.74) is 3.80. The zero-order chi connectivity index (χ0) is 12.8. The normalized spacial score (nSPS) is 20.8. The Hall–Kier alpha value is -0.630. The summed E-state index contributed by atoms with van der Waals surface area (Å²) in [7, 11) is 0. The lowest BCUT2D eigenvalue weighted by Gasteiger charge is -2.42. The van der Waals surface area contributed by atoms with E-state index in [1.807, 2.05) is 6.07 Å². The second kappa shape index (κ2) is 3.94. The molecule has 1 aliphatic rings. The van der Waals surface area contributed by atoms with Gasteiger partial charge in [-0.3, -0.25) is 4.79 Å². The summed E-state index contributed by atoms with van der Waals surface area (Å²) in [6.45, 7) is 9.10. The monoisotopic (exact) mass is 294 g/mol. The first-order chi connectivity index (χ1) is 7.79. The fraction of sp³-hybridized carbons (Fsp3) is 0.533. The summed E-state index contributed by atoms with van der Waals surface area (Å²) in [4.78, 5) is 11.1. The second-order valence-corrected chi connectivity index (χ2v) is 7.07. The first kappa shape index (κ1) is 12.8. The Morgan fingerprint density at radius 2 is 1.71 bits per heavy atom. The van der Waals surface area contributed by atoms with E-state index in [0.29, 0.717) is 0 Å². The molecule has 0 atom stereocenters. The SMILES string of the molecule is CC1(C)CCC(C)(C)c2c1ccc(C=O)c2Br. The second-order valence-electron chi connectivity index (χ2n) is 6.28. The third kappa shape index (κ3) is 1.97. The average molecular weight is 295 g/mol. The molecule has 0 amide bonds. The van der Waals surface area contributed by atoms with Crippen LogP contribution in [0.25, 0.3) is 0 Å². The van der Waals surface area contributed by atoms with Gasteiger partial charge in [0.25, 0.3) is 0 Å². The van der Waals surface area contributed by atoms with Crippen LogP contribution in [0, 0.1) is 0 Å². The largest absolute Gasteiger partial charge is 0.298 e. The molecule has 0 bridgehead atoms. The molecule has 1 nitrogen and oxygen atoms in total. The Balaban J connectivity index is 2.76. The zero-order valence-corrected chi connectivity index (χ0v) is 12.5. The molecule has 0 saturated heterocycles. The van der Waals surface area contributed by atoms with Gasteiger partial charge in [0.05, 0.1) is 0 Å². The van der Waals surface area contributed by atoms with E-state index in [9.17, 15) is 4.79 Å². The van der Waals surface area contributed by atoms with Crippen molar-refractivity contribution in [3.05, 3.63) is 33.3 Å². The molecule has 2 rings (SSSR count). The Morgan fingerprint density at radius 3 is 2.29 bits per heavy atom. The molecule has 92 valence electrons. The van der Waals surface area contributed by atoms with Crippen LogP contribution in [-0.2, 0) is 10.8 Å². The van der Waals surface area contributed by atoms with Crippen molar-refractivity contribution < 1.29 is 4.79 Å². The van der Waals surface area contributed by atoms with Gasteiger partial charge < -0.3 is 0 Å². The van der Waals surface area contributed by atoms with Crippen molar-refractivity contribution in [2.75, 3.05) is 0 Å². The molecule has 1 aliphatic carbocycles. The summed E-state index contributed by atoms with van der Waals surface area (Å²) in [5, 5.41) is 0. The van der Waals surface area contributed by atoms with E-state index in [1.54, 1.807) is 0 Å². The number of hydrogen-bond acceptors (Lipinski definition) is 1. The number of carbonyl (C=O) groups is 1. The van der Waals surface area contributed by atoms with Crippen molar-refractivity contribution in [3.63, 3.8) is 0 Å². The number of fused-ring (bicyclic) bond motifs is 1. The highest BCUT2D eigenvalue weighted by Crippen LogP contribution is 2.48. The maximum atomic E-state index is 11.1. The van der Waals surface area contributed by atoms with Crippen molar-refractivity contribution in [1.29, 1.82) is 0 Å². The van der Waals surface area contributed by atoms with Gasteiger partial charge in [-0.1, -0.05) is 39.8 Å². The molecule has 0 aliphatic heterocycles. The summed E-state index contributed by atoms with van der Waals surface area (Å²) >= 11 is 3.62. The summed E-state index contributed by atoms with van der Waals surface area (Å²) in [6, 6.07) is 4.06. The number of benzene rings is 1. The van der Waals surface area contributed by atoms with Gasteiger partial charge in [0.1, 0.15) is 0 Å². The molecule has 0 heterocycles. The van der Waals surface area contributed by atoms with Gasteiger partial charge in [-0.05, 0) is 50.7 Å². The minimum atomic E-state index is 0.142. The predicted octanol–water partition coefficient (Wildman–Crippen LogP) is 4.61. The van der Waals surface area contributed by atoms with E-state index in [1.165, 1.54) is 17.5 Å². The van der Waals surface area contributed by atoms with E-state index < -0.39 is 0 Å². The van der Waals surface area contributed by atoms with Gasteiger partial charge in [-0.15, -0.1) is 0 Å². The summed E-state index contributed by atoms with van der Waals surface area (Å²) in [6.07, 6.45) is 3.29. The lowest BCUT2D eigenvalue weighted by atomic mass is 9.63. The first-order valence-corrected chi connectivity index (χ1v) is 6.87. The van der Waals surface area contributed by atoms with Gasteiger partial charge in [0.2, 0.25) is 0 Å². The Bertz CT molecular complexity index is 472. The standard InChI is InChI=1S/C15H19BrO/c1-14(2)7-8-15(3,4)12-11(14)6-5-10(9-17)13(12)16/h5-6,9H,7-8H2,1-4H3. The number of rotatable bonds is 1. The van der Waals surface area contributed by atoms with Gasteiger partial charge in [0.15, 0.2) is 6.29 Å². The molecule has 1 aromatic carbocycles. The van der Waals surface area contributed by atoms with Crippen molar-refractivity contribution in [2.24, 2.45) is 0 Å². The molecule has 0 radical (unpaired) electrons. The maximum absolute atomic E-state index is 11.1. The fourth-order valence-corrected chi connectivity index (χ4v) is 3.77. The number of hydrogen-bond donors (Lipinski definition) is 0. The lowest BCUT2D eigenvalue weighted by molar-refractivity contribution is 0.112. The summed E-state index contributed by atoms with van der Waals surface area (Å²) in [5.74, 6) is 0. The van der Waals surface area contributed by atoms with Crippen molar-refractivity contribution in [2.45, 2.75) is 51.4 Å². The van der Waals surface area contributed by atoms with Crippen LogP contribution in [0.3, 0.4) is 0 Å². The number of halogens is 1. The van der Waals surface area contributed by atoms with Crippen LogP contribution >= 0.6 is 15.9 Å². The average Bonchev–Trinajstić information content (AvgIpc) is 2.24. The van der Waals surface area contributed by atoms with E-state index >= 15 is 0 Å². The zero-order valence-electron chi connectivity index (χ0n) is 10.9. The van der Waals surface area contributed by atoms with Gasteiger partial charge in [0, 0.05) is 10.0 Å². The third-order valence-corrected chi connectivity index (χ3v) is 4.93. The molecule has 0 aromatic heterocycles. The smallest absolute Gasteiger partial charge is 0.151 e. The molecular formula is C15H19BrO. The molecule has 0 spiro atoms. The van der Waals surface area contributed by atoms with Gasteiger partial charge >= 0.3 is 0 Å². The molecule has 0 unspecified atom stereocenters. The molecule has 2 heteroatoms. The van der Waals surface area contributed by atoms with Crippen LogP contribution in [0.1, 0.15) is 62.0 Å². The van der Waals surface area contributed by atoms with E-state index in [4.69, 9.17) is 0 Å². The lowest BCUT2D eigenvalue weighted by Crippen LogP contribution is -2.34. The van der Waals surface area contributed by atoms with Gasteiger partial charge in [-0.25, -0.2) is 0 Å². The molecule has 0 saturated carbocycles. The van der Waals surface area contributed by atoms with Crippen LogP contribution in [0.2, 0.25) is 0 Å². The van der Waals surface area contributed by atoms with Crippen LogP contribution < -0.4 is 0 Å². The third-order valence-electron chi connectivity index (χ3n) is 4.08. The quantitative estimate of drug-likeness (QED) is 0.691. The van der Waals surface area contributed by atoms with Crippen LogP contribution in [0.5, 0.6) is 0 Å². The minimum absolute atomic E-state index is 0.142. The highest BCUT2D eigenvalue weighted by atomic mass is 79.9. The predicted molar refractivity (Wildman–Crippen MR) is 74.8 cm³/mol. The van der Waals surface area contributed by atoms with E-state index in [0.717, 1.165) is 22.7 Å². The molecule has 17 heavy (non-hydrogen) atoms. The first-order valence-electron chi connectivity index (χ1n) is 6.08. The Morgan fingerprint density at radius 1 is 1.12 bits per heavy atom. The number of aldehydes is 1. The fourth-order valence-electron chi connectivity index (χ4n) is 2.79. The van der Waals surface area contributed by atoms with Crippen molar-refractivity contribution in [1.82, 2.24) is 0 Å². The molecule has 0 N–H and O–H groups in total. The highest BCUT2D eigenvalue weighted by Gasteiger charge is 2.38. The Labute approximate surface area is 112 Å².